The molecule has 180 valence electrons. The van der Waals surface area contributed by atoms with Gasteiger partial charge in [0.1, 0.15) is 6.33 Å². The van der Waals surface area contributed by atoms with Gasteiger partial charge in [0.15, 0.2) is 11.6 Å². The van der Waals surface area contributed by atoms with Crippen LogP contribution in [-0.4, -0.2) is 41.0 Å². The summed E-state index contributed by atoms with van der Waals surface area (Å²) in [6, 6.07) is 1.99. The van der Waals surface area contributed by atoms with E-state index in [0.717, 1.165) is 29.0 Å². The van der Waals surface area contributed by atoms with Crippen LogP contribution in [0.3, 0.4) is 0 Å². The number of aromatic nitrogens is 3. The average Bonchev–Trinajstić information content (AvgIpc) is 3.20. The molecule has 2 unspecified atom stereocenters. The molecule has 1 aliphatic heterocycles. The zero-order valence-corrected chi connectivity index (χ0v) is 17.1. The molecule has 1 aliphatic carbocycles. The van der Waals surface area contributed by atoms with E-state index >= 15 is 0 Å². The number of nitrogens with one attached hydrogen (secondary N) is 1. The number of hydrogen-bond acceptors (Lipinski definition) is 7. The molecule has 0 radical (unpaired) electrons. The normalized spacial score (nSPS) is 19.6. The zero-order chi connectivity index (χ0) is 24.6. The number of benzene rings is 1. The summed E-state index contributed by atoms with van der Waals surface area (Å²) in [5, 5.41) is 6.85. The van der Waals surface area contributed by atoms with Gasteiger partial charge in [-0.05, 0) is 18.6 Å². The number of carbonyl (C=O) groups excluding carboxylic acids is 1. The molecule has 1 N–H and O–H groups in total. The van der Waals surface area contributed by atoms with Crippen LogP contribution in [-0.2, 0) is 10.1 Å². The summed E-state index contributed by atoms with van der Waals surface area (Å²) in [5.74, 6) is -4.59. The summed E-state index contributed by atoms with van der Waals surface area (Å²) in [4.78, 5) is 16.2. The highest BCUT2D eigenvalue weighted by Gasteiger charge is 2.49. The Bertz CT molecular complexity index is 1460. The summed E-state index contributed by atoms with van der Waals surface area (Å²) in [7, 11) is -6.02. The highest BCUT2D eigenvalue weighted by atomic mass is 32.2. The Morgan fingerprint density at radius 2 is 1.94 bits per heavy atom. The Kier molecular flexibility index (Phi) is 4.72. The number of nitrogens with zero attached hydrogens (tertiary/aromatic N) is 3. The third kappa shape index (κ3) is 3.31. The first-order chi connectivity index (χ1) is 15.9. The molecule has 5 rings (SSSR count). The van der Waals surface area contributed by atoms with Crippen LogP contribution in [0.1, 0.15) is 45.6 Å². The molecule has 16 heteroatoms. The molecule has 9 nitrogen and oxygen atoms in total. The third-order valence-electron chi connectivity index (χ3n) is 5.45. The standard InChI is InChI=1S/C18H10F6N4O5S/c19-8-2-1-6-12(15(8)32-17(20)21)7-3-9(26-16(6)29)14-13(7)10-4-11(25-5-28(10)27-14)33-34(30,31)18(22,23)24/h1-2,4-5,7,9,17H,3H2,(H,26,29). The van der Waals surface area contributed by atoms with Gasteiger partial charge in [-0.15, -0.1) is 0 Å². The van der Waals surface area contributed by atoms with Crippen molar-refractivity contribution in [1.82, 2.24) is 19.9 Å². The van der Waals surface area contributed by atoms with Crippen LogP contribution >= 0.6 is 0 Å². The lowest BCUT2D eigenvalue weighted by Crippen LogP contribution is -2.28. The molecule has 2 bridgehead atoms. The molecule has 2 aromatic heterocycles. The second-order valence-electron chi connectivity index (χ2n) is 7.37. The molecule has 0 saturated carbocycles. The zero-order valence-electron chi connectivity index (χ0n) is 16.3. The Hall–Kier alpha value is -3.56. The first kappa shape index (κ1) is 22.2. The second kappa shape index (κ2) is 7.22. The Labute approximate surface area is 185 Å². The SMILES string of the molecule is O=C1NC2CC(c3c1ccc(F)c3OC(F)F)c1c2nn2cnc(OS(=O)(=O)C(F)(F)F)cc12. The van der Waals surface area contributed by atoms with E-state index in [1.54, 1.807) is 0 Å². The van der Waals surface area contributed by atoms with Gasteiger partial charge in [-0.2, -0.15) is 35.5 Å². The van der Waals surface area contributed by atoms with Crippen LogP contribution in [0, 0.1) is 5.82 Å². The van der Waals surface area contributed by atoms with Crippen molar-refractivity contribution in [3.63, 3.8) is 0 Å². The first-order valence-electron chi connectivity index (χ1n) is 9.34. The van der Waals surface area contributed by atoms with E-state index in [2.05, 4.69) is 24.3 Å². The molecule has 0 saturated heterocycles. The van der Waals surface area contributed by atoms with Gasteiger partial charge in [0.05, 0.1) is 17.3 Å². The highest BCUT2D eigenvalue weighted by Crippen LogP contribution is 2.51. The van der Waals surface area contributed by atoms with Gasteiger partial charge >= 0.3 is 22.2 Å². The highest BCUT2D eigenvalue weighted by molar-refractivity contribution is 7.87. The minimum Gasteiger partial charge on any atom is -0.431 e. The fraction of sp³-hybridized carbons (Fsp3) is 0.278. The molecule has 1 amide bonds. The molecular formula is C18H10F6N4O5S. The van der Waals surface area contributed by atoms with E-state index in [1.807, 2.05) is 0 Å². The maximum atomic E-state index is 14.5. The van der Waals surface area contributed by atoms with E-state index in [1.165, 1.54) is 0 Å². The molecule has 3 heterocycles. The van der Waals surface area contributed by atoms with Crippen LogP contribution in [0.25, 0.3) is 5.52 Å². The number of amides is 1. The number of fused-ring (bicyclic) bond motifs is 9. The van der Waals surface area contributed by atoms with Crippen molar-refractivity contribution in [2.75, 3.05) is 0 Å². The predicted octanol–water partition coefficient (Wildman–Crippen LogP) is 3.02. The van der Waals surface area contributed by atoms with E-state index in [-0.39, 0.29) is 34.3 Å². The topological polar surface area (TPSA) is 112 Å². The maximum Gasteiger partial charge on any atom is 0.534 e. The van der Waals surface area contributed by atoms with Gasteiger partial charge < -0.3 is 14.2 Å². The lowest BCUT2D eigenvalue weighted by atomic mass is 9.88. The van der Waals surface area contributed by atoms with Crippen LogP contribution in [0.4, 0.5) is 26.3 Å². The summed E-state index contributed by atoms with van der Waals surface area (Å²) >= 11 is 0. The van der Waals surface area contributed by atoms with Gasteiger partial charge in [-0.3, -0.25) is 4.79 Å². The quantitative estimate of drug-likeness (QED) is 0.328. The molecule has 34 heavy (non-hydrogen) atoms. The lowest BCUT2D eigenvalue weighted by molar-refractivity contribution is -0.0530. The smallest absolute Gasteiger partial charge is 0.431 e. The second-order valence-corrected chi connectivity index (χ2v) is 8.91. The van der Waals surface area contributed by atoms with Gasteiger partial charge in [-0.1, -0.05) is 0 Å². The van der Waals surface area contributed by atoms with Crippen molar-refractivity contribution in [3.05, 3.63) is 52.7 Å². The molecule has 2 atom stereocenters. The van der Waals surface area contributed by atoms with Crippen molar-refractivity contribution >= 4 is 21.5 Å². The van der Waals surface area contributed by atoms with Crippen LogP contribution in [0.15, 0.2) is 24.5 Å². The van der Waals surface area contributed by atoms with E-state index in [4.69, 9.17) is 0 Å². The van der Waals surface area contributed by atoms with Crippen molar-refractivity contribution < 1.29 is 48.5 Å². The van der Waals surface area contributed by atoms with Crippen molar-refractivity contribution in [3.8, 4) is 11.6 Å². The largest absolute Gasteiger partial charge is 0.534 e. The van der Waals surface area contributed by atoms with Gasteiger partial charge in [-0.25, -0.2) is 13.9 Å². The number of hydrogen-bond donors (Lipinski definition) is 1. The van der Waals surface area contributed by atoms with Crippen molar-refractivity contribution in [1.29, 1.82) is 0 Å². The van der Waals surface area contributed by atoms with Crippen LogP contribution in [0.2, 0.25) is 0 Å². The first-order valence-corrected chi connectivity index (χ1v) is 10.7. The summed E-state index contributed by atoms with van der Waals surface area (Å²) in [5.41, 5.74) is -5.59. The minimum absolute atomic E-state index is 0.0132. The molecule has 0 fully saturated rings. The number of halogens is 6. The molecular weight excluding hydrogens is 498 g/mol. The monoisotopic (exact) mass is 508 g/mol. The summed E-state index contributed by atoms with van der Waals surface area (Å²) < 4.78 is 111. The van der Waals surface area contributed by atoms with Crippen LogP contribution in [0.5, 0.6) is 11.6 Å². The van der Waals surface area contributed by atoms with Gasteiger partial charge in [0, 0.05) is 28.7 Å². The van der Waals surface area contributed by atoms with Gasteiger partial charge in [0.25, 0.3) is 5.91 Å². The van der Waals surface area contributed by atoms with Gasteiger partial charge in [0.2, 0.25) is 5.88 Å². The fourth-order valence-corrected chi connectivity index (χ4v) is 4.62. The number of rotatable bonds is 4. The minimum atomic E-state index is -6.02. The number of ether oxygens (including phenoxy) is 1. The third-order valence-corrected chi connectivity index (χ3v) is 6.41. The average molecular weight is 508 g/mol. The maximum absolute atomic E-state index is 14.5. The van der Waals surface area contributed by atoms with E-state index in [9.17, 15) is 39.6 Å². The number of carbonyl (C=O) groups is 1. The van der Waals surface area contributed by atoms with Crippen molar-refractivity contribution in [2.45, 2.75) is 30.5 Å². The predicted molar refractivity (Wildman–Crippen MR) is 98.3 cm³/mol. The lowest BCUT2D eigenvalue weighted by Gasteiger charge is -2.19. The molecule has 0 spiro atoms. The number of alkyl halides is 5. The van der Waals surface area contributed by atoms with Crippen molar-refractivity contribution in [2.24, 2.45) is 0 Å². The summed E-state index contributed by atoms with van der Waals surface area (Å²) in [6.45, 7) is -3.41. The van der Waals surface area contributed by atoms with E-state index < -0.39 is 57.6 Å². The molecule has 2 aliphatic rings. The Morgan fingerprint density at radius 3 is 2.62 bits per heavy atom. The van der Waals surface area contributed by atoms with Crippen LogP contribution < -0.4 is 14.2 Å². The fourth-order valence-electron chi connectivity index (χ4n) is 4.21. The summed E-state index contributed by atoms with van der Waals surface area (Å²) in [6.07, 6.45) is 0.932. The Morgan fingerprint density at radius 1 is 1.21 bits per heavy atom. The molecule has 3 aromatic rings. The molecule has 1 aromatic carbocycles. The Balaban J connectivity index is 1.70. The van der Waals surface area contributed by atoms with E-state index in [0.29, 0.717) is 0 Å².